The maximum Gasteiger partial charge on any atom is 0.252 e. The first-order valence-corrected chi connectivity index (χ1v) is 6.85. The van der Waals surface area contributed by atoms with E-state index in [-0.39, 0.29) is 5.91 Å². The normalized spacial score (nSPS) is 10.5. The Hall–Kier alpha value is -2.75. The van der Waals surface area contributed by atoms with Crippen LogP contribution in [0.25, 0.3) is 10.9 Å². The van der Waals surface area contributed by atoms with Gasteiger partial charge < -0.3 is 5.32 Å². The van der Waals surface area contributed by atoms with Gasteiger partial charge in [-0.2, -0.15) is 0 Å². The van der Waals surface area contributed by atoms with Crippen LogP contribution in [-0.2, 0) is 6.42 Å². The average Bonchev–Trinajstić information content (AvgIpc) is 2.56. The number of amides is 1. The zero-order valence-corrected chi connectivity index (χ0v) is 11.5. The minimum atomic E-state index is -0.101. The van der Waals surface area contributed by atoms with E-state index in [1.807, 2.05) is 30.3 Å². The molecule has 1 amide bonds. The summed E-state index contributed by atoms with van der Waals surface area (Å²) in [5, 5.41) is 4.02. The number of pyridine rings is 2. The van der Waals surface area contributed by atoms with Crippen LogP contribution in [-0.4, -0.2) is 22.4 Å². The highest BCUT2D eigenvalue weighted by Gasteiger charge is 2.05. The van der Waals surface area contributed by atoms with Crippen LogP contribution in [0.2, 0.25) is 0 Å². The van der Waals surface area contributed by atoms with Gasteiger partial charge in [0.1, 0.15) is 0 Å². The van der Waals surface area contributed by atoms with Crippen LogP contribution in [0.3, 0.4) is 0 Å². The Morgan fingerprint density at radius 1 is 1.05 bits per heavy atom. The molecule has 104 valence electrons. The lowest BCUT2D eigenvalue weighted by atomic mass is 10.1. The van der Waals surface area contributed by atoms with Crippen LogP contribution in [0.5, 0.6) is 0 Å². The summed E-state index contributed by atoms with van der Waals surface area (Å²) in [5.74, 6) is -0.101. The molecule has 4 heteroatoms. The van der Waals surface area contributed by atoms with E-state index in [0.717, 1.165) is 22.9 Å². The second kappa shape index (κ2) is 6.13. The molecule has 0 aliphatic heterocycles. The number of fused-ring (bicyclic) bond motifs is 1. The van der Waals surface area contributed by atoms with Crippen LogP contribution in [0.4, 0.5) is 0 Å². The van der Waals surface area contributed by atoms with Crippen LogP contribution in [0.1, 0.15) is 15.9 Å². The Balaban J connectivity index is 1.66. The molecule has 0 saturated carbocycles. The SMILES string of the molecule is O=C(NCCc1cccc2cccnc12)c1cccnc1. The molecule has 3 aromatic rings. The average molecular weight is 277 g/mol. The molecule has 0 bridgehead atoms. The predicted octanol–water partition coefficient (Wildman–Crippen LogP) is 2.60. The number of hydrogen-bond acceptors (Lipinski definition) is 3. The molecule has 1 N–H and O–H groups in total. The monoisotopic (exact) mass is 277 g/mol. The summed E-state index contributed by atoms with van der Waals surface area (Å²) in [4.78, 5) is 20.3. The van der Waals surface area contributed by atoms with Gasteiger partial charge in [-0.25, -0.2) is 0 Å². The number of benzene rings is 1. The smallest absolute Gasteiger partial charge is 0.252 e. The molecule has 0 aliphatic carbocycles. The standard InChI is InChI=1S/C17H15N3O/c21-17(15-7-2-9-18-12-15)20-11-8-14-5-1-4-13-6-3-10-19-16(13)14/h1-7,9-10,12H,8,11H2,(H,20,21). The van der Waals surface area contributed by atoms with Crippen molar-refractivity contribution in [1.29, 1.82) is 0 Å². The highest BCUT2D eigenvalue weighted by atomic mass is 16.1. The van der Waals surface area contributed by atoms with E-state index in [0.29, 0.717) is 12.1 Å². The molecule has 0 radical (unpaired) electrons. The van der Waals surface area contributed by atoms with Crippen LogP contribution >= 0.6 is 0 Å². The van der Waals surface area contributed by atoms with Crippen molar-refractivity contribution in [2.45, 2.75) is 6.42 Å². The highest BCUT2D eigenvalue weighted by molar-refractivity contribution is 5.93. The summed E-state index contributed by atoms with van der Waals surface area (Å²) in [6.45, 7) is 0.573. The Morgan fingerprint density at radius 3 is 2.76 bits per heavy atom. The summed E-state index contributed by atoms with van der Waals surface area (Å²) in [6, 6.07) is 13.6. The highest BCUT2D eigenvalue weighted by Crippen LogP contribution is 2.15. The molecular weight excluding hydrogens is 262 g/mol. The van der Waals surface area contributed by atoms with Crippen molar-refractivity contribution in [1.82, 2.24) is 15.3 Å². The fourth-order valence-corrected chi connectivity index (χ4v) is 2.28. The number of carbonyl (C=O) groups excluding carboxylic acids is 1. The molecule has 0 atom stereocenters. The minimum Gasteiger partial charge on any atom is -0.352 e. The fourth-order valence-electron chi connectivity index (χ4n) is 2.28. The first kappa shape index (κ1) is 13.2. The molecule has 0 aliphatic rings. The van der Waals surface area contributed by atoms with Crippen molar-refractivity contribution >= 4 is 16.8 Å². The molecule has 0 unspecified atom stereocenters. The number of para-hydroxylation sites is 1. The lowest BCUT2D eigenvalue weighted by molar-refractivity contribution is 0.0954. The van der Waals surface area contributed by atoms with Gasteiger partial charge in [-0.05, 0) is 30.2 Å². The van der Waals surface area contributed by atoms with Gasteiger partial charge in [0.15, 0.2) is 0 Å². The van der Waals surface area contributed by atoms with E-state index < -0.39 is 0 Å². The molecule has 4 nitrogen and oxygen atoms in total. The molecule has 0 fully saturated rings. The summed E-state index contributed by atoms with van der Waals surface area (Å²) in [5.41, 5.74) is 2.71. The molecule has 2 heterocycles. The second-order valence-electron chi connectivity index (χ2n) is 4.74. The van der Waals surface area contributed by atoms with E-state index in [1.54, 1.807) is 30.7 Å². The summed E-state index contributed by atoms with van der Waals surface area (Å²) in [6.07, 6.45) is 5.76. The van der Waals surface area contributed by atoms with Gasteiger partial charge in [-0.3, -0.25) is 14.8 Å². The van der Waals surface area contributed by atoms with Gasteiger partial charge >= 0.3 is 0 Å². The van der Waals surface area contributed by atoms with Crippen LogP contribution in [0, 0.1) is 0 Å². The Morgan fingerprint density at radius 2 is 1.90 bits per heavy atom. The lowest BCUT2D eigenvalue weighted by Gasteiger charge is -2.07. The number of aromatic nitrogens is 2. The Bertz CT molecular complexity index is 751. The third-order valence-corrected chi connectivity index (χ3v) is 3.32. The minimum absolute atomic E-state index is 0.101. The summed E-state index contributed by atoms with van der Waals surface area (Å²) >= 11 is 0. The zero-order chi connectivity index (χ0) is 14.5. The van der Waals surface area contributed by atoms with E-state index in [1.165, 1.54) is 0 Å². The van der Waals surface area contributed by atoms with Crippen molar-refractivity contribution in [3.63, 3.8) is 0 Å². The van der Waals surface area contributed by atoms with Crippen molar-refractivity contribution in [3.05, 3.63) is 72.2 Å². The third kappa shape index (κ3) is 3.05. The molecule has 0 saturated heterocycles. The molecule has 1 aromatic carbocycles. The van der Waals surface area contributed by atoms with E-state index in [2.05, 4.69) is 15.3 Å². The van der Waals surface area contributed by atoms with Gasteiger partial charge in [0.25, 0.3) is 5.91 Å². The largest absolute Gasteiger partial charge is 0.352 e. The number of carbonyl (C=O) groups is 1. The molecule has 2 aromatic heterocycles. The summed E-state index contributed by atoms with van der Waals surface area (Å²) in [7, 11) is 0. The van der Waals surface area contributed by atoms with E-state index in [4.69, 9.17) is 0 Å². The van der Waals surface area contributed by atoms with Crippen LogP contribution in [0.15, 0.2) is 61.1 Å². The van der Waals surface area contributed by atoms with Crippen molar-refractivity contribution in [2.24, 2.45) is 0 Å². The number of nitrogens with one attached hydrogen (secondary N) is 1. The lowest BCUT2D eigenvalue weighted by Crippen LogP contribution is -2.25. The van der Waals surface area contributed by atoms with Gasteiger partial charge in [-0.1, -0.05) is 24.3 Å². The zero-order valence-electron chi connectivity index (χ0n) is 11.5. The van der Waals surface area contributed by atoms with Gasteiger partial charge in [-0.15, -0.1) is 0 Å². The Kier molecular flexibility index (Phi) is 3.87. The fraction of sp³-hybridized carbons (Fsp3) is 0.118. The van der Waals surface area contributed by atoms with Crippen molar-refractivity contribution < 1.29 is 4.79 Å². The number of hydrogen-bond donors (Lipinski definition) is 1. The topological polar surface area (TPSA) is 54.9 Å². The maximum absolute atomic E-state index is 11.9. The number of nitrogens with zero attached hydrogens (tertiary/aromatic N) is 2. The summed E-state index contributed by atoms with van der Waals surface area (Å²) < 4.78 is 0. The van der Waals surface area contributed by atoms with Gasteiger partial charge in [0.05, 0.1) is 11.1 Å². The van der Waals surface area contributed by atoms with E-state index in [9.17, 15) is 4.79 Å². The van der Waals surface area contributed by atoms with Crippen molar-refractivity contribution in [2.75, 3.05) is 6.54 Å². The maximum atomic E-state index is 11.9. The van der Waals surface area contributed by atoms with E-state index >= 15 is 0 Å². The third-order valence-electron chi connectivity index (χ3n) is 3.32. The molecular formula is C17H15N3O. The quantitative estimate of drug-likeness (QED) is 0.797. The van der Waals surface area contributed by atoms with Crippen molar-refractivity contribution in [3.8, 4) is 0 Å². The van der Waals surface area contributed by atoms with Gasteiger partial charge in [0.2, 0.25) is 0 Å². The Labute approximate surface area is 122 Å². The molecule has 21 heavy (non-hydrogen) atoms. The first-order chi connectivity index (χ1) is 10.3. The molecule has 3 rings (SSSR count). The first-order valence-electron chi connectivity index (χ1n) is 6.85. The predicted molar refractivity (Wildman–Crippen MR) is 82.0 cm³/mol. The van der Waals surface area contributed by atoms with Crippen LogP contribution < -0.4 is 5.32 Å². The molecule has 0 spiro atoms. The van der Waals surface area contributed by atoms with Gasteiger partial charge in [0, 0.05) is 30.5 Å². The second-order valence-corrected chi connectivity index (χ2v) is 4.74. The number of rotatable bonds is 4.